The highest BCUT2D eigenvalue weighted by molar-refractivity contribution is 5.86. The lowest BCUT2D eigenvalue weighted by Gasteiger charge is -2.12. The van der Waals surface area contributed by atoms with Crippen molar-refractivity contribution < 1.29 is 0 Å². The molecule has 244 valence electrons. The zero-order valence-electron chi connectivity index (χ0n) is 28.1. The van der Waals surface area contributed by atoms with Crippen LogP contribution in [0.4, 0.5) is 0 Å². The molecule has 9 rings (SSSR count). The van der Waals surface area contributed by atoms with Crippen LogP contribution in [0, 0.1) is 0 Å². The summed E-state index contributed by atoms with van der Waals surface area (Å²) in [5.74, 6) is 1.81. The number of fused-ring (bicyclic) bond motifs is 1. The van der Waals surface area contributed by atoms with Gasteiger partial charge in [-0.05, 0) is 46.5 Å². The zero-order valence-corrected chi connectivity index (χ0v) is 28.1. The van der Waals surface area contributed by atoms with Gasteiger partial charge in [-0.15, -0.1) is 0 Å². The molecule has 0 radical (unpaired) electrons. The first-order valence-electron chi connectivity index (χ1n) is 17.3. The number of hydrogen-bond donors (Lipinski definition) is 0. The van der Waals surface area contributed by atoms with E-state index >= 15 is 0 Å². The highest BCUT2D eigenvalue weighted by Gasteiger charge is 2.16. The molecule has 5 nitrogen and oxygen atoms in total. The Labute approximate surface area is 302 Å². The van der Waals surface area contributed by atoms with Gasteiger partial charge in [0.15, 0.2) is 17.5 Å². The van der Waals surface area contributed by atoms with Crippen LogP contribution >= 0.6 is 0 Å². The van der Waals surface area contributed by atoms with Gasteiger partial charge in [0.2, 0.25) is 0 Å². The van der Waals surface area contributed by atoms with E-state index < -0.39 is 0 Å². The monoisotopic (exact) mass is 665 g/mol. The lowest BCUT2D eigenvalue weighted by Crippen LogP contribution is -2.00. The maximum Gasteiger partial charge on any atom is 0.164 e. The zero-order chi connectivity index (χ0) is 34.7. The van der Waals surface area contributed by atoms with Crippen LogP contribution in [-0.2, 0) is 0 Å². The first kappa shape index (κ1) is 30.9. The minimum absolute atomic E-state index is 0.592. The molecule has 0 spiro atoms. The Balaban J connectivity index is 1.16. The molecule has 0 fully saturated rings. The van der Waals surface area contributed by atoms with Crippen LogP contribution in [-0.4, -0.2) is 24.9 Å². The van der Waals surface area contributed by atoms with Crippen molar-refractivity contribution in [3.63, 3.8) is 0 Å². The third-order valence-electron chi connectivity index (χ3n) is 9.13. The SMILES string of the molecule is c1ccc(-c2cccc(-c3nc(-c4ccc(-c5nc6ccccc6nc5-c5ccccc5)cc4)nc(-c4cccc(-c5ccccc5)c4)n3)c2)cc1. The molecular weight excluding hydrogens is 635 g/mol. The van der Waals surface area contributed by atoms with E-state index in [1.54, 1.807) is 0 Å². The largest absolute Gasteiger partial charge is 0.244 e. The second-order valence-corrected chi connectivity index (χ2v) is 12.6. The average Bonchev–Trinajstić information content (AvgIpc) is 3.24. The molecule has 0 saturated heterocycles. The van der Waals surface area contributed by atoms with Gasteiger partial charge >= 0.3 is 0 Å². The summed E-state index contributed by atoms with van der Waals surface area (Å²) in [5, 5.41) is 0. The van der Waals surface area contributed by atoms with Gasteiger partial charge in [-0.2, -0.15) is 0 Å². The van der Waals surface area contributed by atoms with Gasteiger partial charge in [0.1, 0.15) is 0 Å². The summed E-state index contributed by atoms with van der Waals surface area (Å²) in [7, 11) is 0. The fourth-order valence-electron chi connectivity index (χ4n) is 6.48. The van der Waals surface area contributed by atoms with Gasteiger partial charge < -0.3 is 0 Å². The smallest absolute Gasteiger partial charge is 0.164 e. The predicted molar refractivity (Wildman–Crippen MR) is 211 cm³/mol. The number of rotatable bonds is 7. The first-order valence-corrected chi connectivity index (χ1v) is 17.3. The van der Waals surface area contributed by atoms with Crippen LogP contribution in [0.25, 0.3) is 90.0 Å². The summed E-state index contributed by atoms with van der Waals surface area (Å²) in [6, 6.07) is 64.0. The van der Waals surface area contributed by atoms with Gasteiger partial charge in [-0.3, -0.25) is 0 Å². The van der Waals surface area contributed by atoms with Crippen LogP contribution in [0.15, 0.2) is 188 Å². The first-order chi connectivity index (χ1) is 25.7. The Morgan fingerprint density at radius 2 is 0.538 bits per heavy atom. The van der Waals surface area contributed by atoms with E-state index in [2.05, 4.69) is 133 Å². The minimum Gasteiger partial charge on any atom is -0.244 e. The second-order valence-electron chi connectivity index (χ2n) is 12.6. The molecule has 2 heterocycles. The second kappa shape index (κ2) is 13.7. The summed E-state index contributed by atoms with van der Waals surface area (Å²) >= 11 is 0. The fraction of sp³-hybridized carbons (Fsp3) is 0. The van der Waals surface area contributed by atoms with E-state index in [0.29, 0.717) is 17.5 Å². The molecule has 0 aliphatic rings. The molecule has 2 aromatic heterocycles. The number of hydrogen-bond acceptors (Lipinski definition) is 5. The average molecular weight is 666 g/mol. The van der Waals surface area contributed by atoms with Gasteiger partial charge in [0, 0.05) is 27.8 Å². The lowest BCUT2D eigenvalue weighted by atomic mass is 10.0. The molecule has 0 N–H and O–H groups in total. The maximum atomic E-state index is 5.09. The molecule has 9 aromatic rings. The Hall–Kier alpha value is -7.11. The Kier molecular flexibility index (Phi) is 8.12. The van der Waals surface area contributed by atoms with Crippen LogP contribution in [0.5, 0.6) is 0 Å². The maximum absolute atomic E-state index is 5.09. The van der Waals surface area contributed by atoms with E-state index in [4.69, 9.17) is 24.9 Å². The van der Waals surface area contributed by atoms with E-state index in [0.717, 1.165) is 72.5 Å². The van der Waals surface area contributed by atoms with Crippen LogP contribution in [0.3, 0.4) is 0 Å². The molecule has 52 heavy (non-hydrogen) atoms. The van der Waals surface area contributed by atoms with Crippen molar-refractivity contribution in [1.29, 1.82) is 0 Å². The van der Waals surface area contributed by atoms with Crippen molar-refractivity contribution >= 4 is 11.0 Å². The van der Waals surface area contributed by atoms with E-state index in [1.165, 1.54) is 0 Å². The van der Waals surface area contributed by atoms with Crippen molar-refractivity contribution in [2.45, 2.75) is 0 Å². The van der Waals surface area contributed by atoms with Crippen molar-refractivity contribution in [2.75, 3.05) is 0 Å². The van der Waals surface area contributed by atoms with Crippen molar-refractivity contribution in [1.82, 2.24) is 24.9 Å². The minimum atomic E-state index is 0.592. The molecular formula is C47H31N5. The fourth-order valence-corrected chi connectivity index (χ4v) is 6.48. The molecule has 0 saturated carbocycles. The molecule has 0 unspecified atom stereocenters. The molecule has 0 atom stereocenters. The summed E-state index contributed by atoms with van der Waals surface area (Å²) in [6.07, 6.45) is 0. The summed E-state index contributed by atoms with van der Waals surface area (Å²) in [6.45, 7) is 0. The topological polar surface area (TPSA) is 64.5 Å². The van der Waals surface area contributed by atoms with Crippen molar-refractivity contribution in [3.8, 4) is 78.9 Å². The highest BCUT2D eigenvalue weighted by atomic mass is 15.0. The number of benzene rings is 7. The predicted octanol–water partition coefficient (Wildman–Crippen LogP) is 11.5. The summed E-state index contributed by atoms with van der Waals surface area (Å²) in [4.78, 5) is 25.4. The van der Waals surface area contributed by atoms with Crippen LogP contribution in [0.2, 0.25) is 0 Å². The third kappa shape index (κ3) is 6.23. The van der Waals surface area contributed by atoms with Gasteiger partial charge in [-0.25, -0.2) is 24.9 Å². The van der Waals surface area contributed by atoms with Crippen LogP contribution < -0.4 is 0 Å². The lowest BCUT2D eigenvalue weighted by molar-refractivity contribution is 1.07. The van der Waals surface area contributed by atoms with Gasteiger partial charge in [-0.1, -0.05) is 164 Å². The van der Waals surface area contributed by atoms with Gasteiger partial charge in [0.25, 0.3) is 0 Å². The molecule has 0 aliphatic heterocycles. The number of para-hydroxylation sites is 2. The van der Waals surface area contributed by atoms with E-state index in [1.807, 2.05) is 54.6 Å². The highest BCUT2D eigenvalue weighted by Crippen LogP contribution is 2.34. The molecule has 0 aliphatic carbocycles. The van der Waals surface area contributed by atoms with Crippen LogP contribution in [0.1, 0.15) is 0 Å². The number of aromatic nitrogens is 5. The molecule has 7 aromatic carbocycles. The standard InChI is InChI=1S/C47H31N5/c1-4-14-32(15-5-1)37-20-12-22-39(30-37)46-50-45(51-47(52-46)40-23-13-21-38(31-40)33-16-6-2-7-17-33)36-28-26-35(27-29-36)44-43(34-18-8-3-9-19-34)48-41-24-10-11-25-42(41)49-44/h1-31H. The van der Waals surface area contributed by atoms with E-state index in [9.17, 15) is 0 Å². The number of nitrogens with zero attached hydrogens (tertiary/aromatic N) is 5. The molecule has 0 bridgehead atoms. The Bertz CT molecular complexity index is 2560. The molecule has 0 amide bonds. The van der Waals surface area contributed by atoms with E-state index in [-0.39, 0.29) is 0 Å². The molecule has 5 heteroatoms. The third-order valence-corrected chi connectivity index (χ3v) is 9.13. The normalized spacial score (nSPS) is 11.1. The van der Waals surface area contributed by atoms with Crippen molar-refractivity contribution in [2.24, 2.45) is 0 Å². The summed E-state index contributed by atoms with van der Waals surface area (Å²) < 4.78 is 0. The van der Waals surface area contributed by atoms with Crippen molar-refractivity contribution in [3.05, 3.63) is 188 Å². The Morgan fingerprint density at radius 1 is 0.212 bits per heavy atom. The van der Waals surface area contributed by atoms with Gasteiger partial charge in [0.05, 0.1) is 22.4 Å². The Morgan fingerprint density at radius 3 is 1.00 bits per heavy atom. The quantitative estimate of drug-likeness (QED) is 0.169. The summed E-state index contributed by atoms with van der Waals surface area (Å²) in [5.41, 5.74) is 12.5.